The van der Waals surface area contributed by atoms with Crippen molar-refractivity contribution in [3.63, 3.8) is 0 Å². The summed E-state index contributed by atoms with van der Waals surface area (Å²) in [6.45, 7) is 0. The molecule has 0 saturated carbocycles. The zero-order valence-corrected chi connectivity index (χ0v) is 24.6. The number of fused-ring (bicyclic) bond motifs is 9. The molecule has 0 saturated heterocycles. The molecule has 0 fully saturated rings. The predicted octanol–water partition coefficient (Wildman–Crippen LogP) is 10.3. The molecule has 5 nitrogen and oxygen atoms in total. The summed E-state index contributed by atoms with van der Waals surface area (Å²) in [5.74, 6) is 1.52. The van der Waals surface area contributed by atoms with Gasteiger partial charge in [-0.1, -0.05) is 72.8 Å². The molecule has 0 spiro atoms. The van der Waals surface area contributed by atoms with Crippen LogP contribution < -0.4 is 5.32 Å². The number of thiophene rings is 1. The maximum Gasteiger partial charge on any atom is 0.169 e. The highest BCUT2D eigenvalue weighted by molar-refractivity contribution is 7.25. The summed E-state index contributed by atoms with van der Waals surface area (Å²) in [4.78, 5) is 10.3. The summed E-state index contributed by atoms with van der Waals surface area (Å²) in [6.07, 6.45) is -0.463. The van der Waals surface area contributed by atoms with Gasteiger partial charge in [-0.15, -0.1) is 11.3 Å². The second-order valence-electron chi connectivity index (χ2n) is 11.4. The molecular weight excluding hydrogens is 575 g/mol. The lowest BCUT2D eigenvalue weighted by Crippen LogP contribution is -2.36. The molecule has 1 N–H and O–H groups in total. The molecule has 6 aromatic carbocycles. The standard InChI is InChI=1S/C39H23N3O2S/c1-4-10-31-25(7-1)27-16-13-23(20-33(27)43-31)38-40-37(22-15-18-36-30(19-22)29-9-3-6-12-35(29)45-36)41-39(42-38)24-14-17-28-26-8-2-5-11-32(26)44-34(28)21-24/h1-21,38H,(H,40,41,42). The van der Waals surface area contributed by atoms with E-state index in [1.807, 2.05) is 47.7 Å². The number of amidine groups is 2. The monoisotopic (exact) mass is 597 g/mol. The number of furan rings is 2. The molecule has 45 heavy (non-hydrogen) atoms. The smallest absolute Gasteiger partial charge is 0.169 e. The zero-order chi connectivity index (χ0) is 29.5. The highest BCUT2D eigenvalue weighted by Crippen LogP contribution is 2.36. The van der Waals surface area contributed by atoms with E-state index >= 15 is 0 Å². The van der Waals surface area contributed by atoms with Gasteiger partial charge in [0, 0.05) is 58.4 Å². The lowest BCUT2D eigenvalue weighted by molar-refractivity contribution is 0.665. The summed E-state index contributed by atoms with van der Waals surface area (Å²) in [6, 6.07) is 44.0. The van der Waals surface area contributed by atoms with Gasteiger partial charge in [-0.2, -0.15) is 0 Å². The molecular formula is C39H23N3O2S. The second kappa shape index (κ2) is 9.39. The van der Waals surface area contributed by atoms with Gasteiger partial charge in [0.05, 0.1) is 0 Å². The minimum atomic E-state index is -0.463. The van der Waals surface area contributed by atoms with Crippen LogP contribution in [0.15, 0.2) is 146 Å². The summed E-state index contributed by atoms with van der Waals surface area (Å²) in [7, 11) is 0. The van der Waals surface area contributed by atoms with Crippen LogP contribution in [-0.2, 0) is 0 Å². The molecule has 1 aliphatic heterocycles. The Bertz CT molecular complexity index is 2710. The lowest BCUT2D eigenvalue weighted by atomic mass is 10.1. The first-order chi connectivity index (χ1) is 22.2. The molecule has 0 bridgehead atoms. The molecule has 1 atom stereocenters. The Morgan fingerprint density at radius 3 is 1.78 bits per heavy atom. The maximum atomic E-state index is 6.24. The van der Waals surface area contributed by atoms with Crippen molar-refractivity contribution in [2.45, 2.75) is 6.17 Å². The Morgan fingerprint density at radius 2 is 1.02 bits per heavy atom. The highest BCUT2D eigenvalue weighted by Gasteiger charge is 2.23. The summed E-state index contributed by atoms with van der Waals surface area (Å²) >= 11 is 1.81. The molecule has 0 amide bonds. The van der Waals surface area contributed by atoms with E-state index in [4.69, 9.17) is 18.8 Å². The topological polar surface area (TPSA) is 63.0 Å². The van der Waals surface area contributed by atoms with E-state index in [-0.39, 0.29) is 0 Å². The lowest BCUT2D eigenvalue weighted by Gasteiger charge is -2.22. The van der Waals surface area contributed by atoms with Crippen molar-refractivity contribution in [2.24, 2.45) is 9.98 Å². The Hall–Kier alpha value is -5.72. The number of benzene rings is 6. The molecule has 6 heteroatoms. The van der Waals surface area contributed by atoms with Crippen LogP contribution in [0, 0.1) is 0 Å². The van der Waals surface area contributed by atoms with Crippen molar-refractivity contribution in [3.8, 4) is 0 Å². The van der Waals surface area contributed by atoms with E-state index in [0.717, 1.165) is 72.2 Å². The quantitative estimate of drug-likeness (QED) is 0.220. The van der Waals surface area contributed by atoms with Gasteiger partial charge in [0.2, 0.25) is 0 Å². The fraction of sp³-hybridized carbons (Fsp3) is 0.0256. The van der Waals surface area contributed by atoms with Crippen LogP contribution >= 0.6 is 11.3 Å². The Morgan fingerprint density at radius 1 is 0.467 bits per heavy atom. The van der Waals surface area contributed by atoms with Gasteiger partial charge in [-0.25, -0.2) is 9.98 Å². The van der Waals surface area contributed by atoms with E-state index in [2.05, 4.69) is 96.3 Å². The van der Waals surface area contributed by atoms with E-state index in [1.54, 1.807) is 0 Å². The average molecular weight is 598 g/mol. The van der Waals surface area contributed by atoms with Crippen LogP contribution in [0.1, 0.15) is 22.9 Å². The number of aliphatic imine (C=N–C) groups is 2. The third-order valence-electron chi connectivity index (χ3n) is 8.74. The third kappa shape index (κ3) is 3.86. The fourth-order valence-electron chi connectivity index (χ4n) is 6.54. The van der Waals surface area contributed by atoms with Gasteiger partial charge in [-0.3, -0.25) is 0 Å². The predicted molar refractivity (Wildman–Crippen MR) is 186 cm³/mol. The summed E-state index contributed by atoms with van der Waals surface area (Å²) in [5, 5.41) is 10.4. The van der Waals surface area contributed by atoms with Crippen LogP contribution in [0.3, 0.4) is 0 Å². The van der Waals surface area contributed by atoms with Crippen LogP contribution in [0.5, 0.6) is 0 Å². The van der Waals surface area contributed by atoms with Crippen molar-refractivity contribution in [1.29, 1.82) is 0 Å². The average Bonchev–Trinajstić information content (AvgIpc) is 3.78. The first-order valence-electron chi connectivity index (χ1n) is 14.9. The molecule has 0 radical (unpaired) electrons. The summed E-state index contributed by atoms with van der Waals surface area (Å²) in [5.41, 5.74) is 6.32. The van der Waals surface area contributed by atoms with Crippen LogP contribution in [0.25, 0.3) is 64.0 Å². The van der Waals surface area contributed by atoms with E-state index in [9.17, 15) is 0 Å². The molecule has 1 aliphatic rings. The molecule has 3 aromatic heterocycles. The number of rotatable bonds is 3. The largest absolute Gasteiger partial charge is 0.456 e. The number of hydrogen-bond acceptors (Lipinski definition) is 6. The van der Waals surface area contributed by atoms with E-state index < -0.39 is 6.17 Å². The third-order valence-corrected chi connectivity index (χ3v) is 9.89. The molecule has 0 aliphatic carbocycles. The van der Waals surface area contributed by atoms with Crippen molar-refractivity contribution in [3.05, 3.63) is 144 Å². The number of nitrogens with zero attached hydrogens (tertiary/aromatic N) is 2. The molecule has 9 aromatic rings. The molecule has 10 rings (SSSR count). The van der Waals surface area contributed by atoms with Gasteiger partial charge in [0.1, 0.15) is 34.0 Å². The van der Waals surface area contributed by atoms with Crippen LogP contribution in [0.2, 0.25) is 0 Å². The number of para-hydroxylation sites is 2. The Balaban J connectivity index is 1.14. The SMILES string of the molecule is c1ccc2c(c1)oc1cc(C3=NC(c4ccc5c(c4)oc4ccccc45)N=C(c4ccc5sc6ccccc6c5c4)N3)ccc12. The molecule has 4 heterocycles. The first kappa shape index (κ1) is 24.7. The fourth-order valence-corrected chi connectivity index (χ4v) is 7.63. The van der Waals surface area contributed by atoms with Crippen molar-refractivity contribution in [1.82, 2.24) is 5.32 Å². The van der Waals surface area contributed by atoms with Gasteiger partial charge in [0.15, 0.2) is 6.17 Å². The Labute approximate surface area is 260 Å². The van der Waals surface area contributed by atoms with Gasteiger partial charge in [-0.05, 0) is 54.6 Å². The first-order valence-corrected chi connectivity index (χ1v) is 15.7. The highest BCUT2D eigenvalue weighted by atomic mass is 32.1. The van der Waals surface area contributed by atoms with Gasteiger partial charge >= 0.3 is 0 Å². The van der Waals surface area contributed by atoms with E-state index in [1.165, 1.54) is 20.2 Å². The minimum absolute atomic E-state index is 0.463. The van der Waals surface area contributed by atoms with E-state index in [0.29, 0.717) is 0 Å². The number of hydrogen-bond donors (Lipinski definition) is 1. The van der Waals surface area contributed by atoms with Crippen LogP contribution in [-0.4, -0.2) is 11.7 Å². The second-order valence-corrected chi connectivity index (χ2v) is 12.5. The summed E-state index contributed by atoms with van der Waals surface area (Å²) < 4.78 is 15.0. The van der Waals surface area contributed by atoms with Crippen molar-refractivity contribution in [2.75, 3.05) is 0 Å². The maximum absolute atomic E-state index is 6.24. The van der Waals surface area contributed by atoms with Gasteiger partial charge in [0.25, 0.3) is 0 Å². The van der Waals surface area contributed by atoms with Crippen molar-refractivity contribution >= 4 is 87.1 Å². The van der Waals surface area contributed by atoms with Gasteiger partial charge < -0.3 is 14.2 Å². The number of nitrogens with one attached hydrogen (secondary N) is 1. The minimum Gasteiger partial charge on any atom is -0.456 e. The van der Waals surface area contributed by atoms with Crippen LogP contribution in [0.4, 0.5) is 0 Å². The van der Waals surface area contributed by atoms with Crippen molar-refractivity contribution < 1.29 is 8.83 Å². The normalized spacial score (nSPS) is 15.3. The molecule has 1 unspecified atom stereocenters. The molecule has 212 valence electrons. The zero-order valence-electron chi connectivity index (χ0n) is 23.8. The Kier molecular flexibility index (Phi) is 5.15.